The van der Waals surface area contributed by atoms with Crippen LogP contribution in [0, 0.1) is 5.92 Å². The van der Waals surface area contributed by atoms with Crippen molar-refractivity contribution < 1.29 is 15.0 Å². The summed E-state index contributed by atoms with van der Waals surface area (Å²) >= 11 is 0. The van der Waals surface area contributed by atoms with E-state index in [1.807, 2.05) is 13.1 Å². The Morgan fingerprint density at radius 1 is 1.27 bits per heavy atom. The van der Waals surface area contributed by atoms with Crippen LogP contribution in [0.15, 0.2) is 29.1 Å². The molecular weight excluding hydrogens is 418 g/mol. The number of aromatic amines is 1. The minimum absolute atomic E-state index is 0.0771. The second-order valence-corrected chi connectivity index (χ2v) is 10.6. The zero-order valence-corrected chi connectivity index (χ0v) is 19.6. The lowest BCUT2D eigenvalue weighted by Crippen LogP contribution is -2.73. The smallest absolute Gasteiger partial charge is 0.261 e. The fourth-order valence-corrected chi connectivity index (χ4v) is 6.39. The number of rotatable bonds is 4. The van der Waals surface area contributed by atoms with Crippen LogP contribution in [-0.4, -0.2) is 57.8 Å². The van der Waals surface area contributed by atoms with Crippen molar-refractivity contribution in [2.24, 2.45) is 5.92 Å². The van der Waals surface area contributed by atoms with Crippen LogP contribution in [0.25, 0.3) is 0 Å². The number of likely N-dealkylation sites (N-methyl/N-ethyl adjacent to an activating group) is 1. The molecule has 2 aliphatic carbocycles. The van der Waals surface area contributed by atoms with E-state index >= 15 is 0 Å². The normalized spacial score (nSPS) is 28.1. The number of fused-ring (bicyclic) bond motifs is 2. The SMILES string of the molecule is CC(C)CCNC(=O)c1cc2c([nH]c1=O)C[C@]13CCN(C)[C@H](Cc4ccc(O)cc41)[C@]3(O)C2. The Hall–Kier alpha value is -2.64. The van der Waals surface area contributed by atoms with Gasteiger partial charge in [0.15, 0.2) is 0 Å². The second-order valence-electron chi connectivity index (χ2n) is 10.6. The van der Waals surface area contributed by atoms with Crippen molar-refractivity contribution >= 4 is 5.91 Å². The fourth-order valence-electron chi connectivity index (χ4n) is 6.39. The summed E-state index contributed by atoms with van der Waals surface area (Å²) in [6.45, 7) is 5.53. The number of benzene rings is 1. The van der Waals surface area contributed by atoms with Crippen LogP contribution >= 0.6 is 0 Å². The van der Waals surface area contributed by atoms with Gasteiger partial charge in [0.1, 0.15) is 11.3 Å². The highest BCUT2D eigenvalue weighted by atomic mass is 16.3. The number of nitrogens with one attached hydrogen (secondary N) is 2. The second kappa shape index (κ2) is 7.71. The van der Waals surface area contributed by atoms with Crippen molar-refractivity contribution in [1.82, 2.24) is 15.2 Å². The number of aromatic hydroxyl groups is 1. The Morgan fingerprint density at radius 2 is 2.06 bits per heavy atom. The van der Waals surface area contributed by atoms with Gasteiger partial charge in [0.25, 0.3) is 11.5 Å². The van der Waals surface area contributed by atoms with Gasteiger partial charge >= 0.3 is 0 Å². The van der Waals surface area contributed by atoms with Crippen LogP contribution in [0.3, 0.4) is 0 Å². The van der Waals surface area contributed by atoms with E-state index in [-0.39, 0.29) is 23.3 Å². The van der Waals surface area contributed by atoms with E-state index in [9.17, 15) is 19.8 Å². The Bertz CT molecular complexity index is 1170. The minimum atomic E-state index is -1.06. The molecule has 5 rings (SSSR count). The lowest BCUT2D eigenvalue weighted by atomic mass is 9.49. The molecule has 1 aromatic heterocycles. The number of aliphatic hydroxyl groups is 1. The number of phenolic OH excluding ortho intramolecular Hbond substituents is 1. The monoisotopic (exact) mass is 451 g/mol. The summed E-state index contributed by atoms with van der Waals surface area (Å²) in [7, 11) is 2.05. The largest absolute Gasteiger partial charge is 0.508 e. The summed E-state index contributed by atoms with van der Waals surface area (Å²) < 4.78 is 0. The van der Waals surface area contributed by atoms with Crippen molar-refractivity contribution in [2.45, 2.75) is 63.0 Å². The quantitative estimate of drug-likeness (QED) is 0.568. The molecule has 0 saturated carbocycles. The number of piperidine rings is 1. The summed E-state index contributed by atoms with van der Waals surface area (Å²) in [5.41, 5.74) is 1.79. The summed E-state index contributed by atoms with van der Waals surface area (Å²) in [4.78, 5) is 30.8. The molecule has 1 aliphatic heterocycles. The molecule has 1 amide bonds. The lowest BCUT2D eigenvalue weighted by Gasteiger charge is -2.63. The average molecular weight is 452 g/mol. The van der Waals surface area contributed by atoms with E-state index in [1.165, 1.54) is 0 Å². The molecule has 3 atom stereocenters. The van der Waals surface area contributed by atoms with Crippen LogP contribution in [-0.2, 0) is 24.7 Å². The molecule has 1 saturated heterocycles. The third-order valence-electron chi connectivity index (χ3n) is 8.23. The van der Waals surface area contributed by atoms with Crippen molar-refractivity contribution in [3.63, 3.8) is 0 Å². The summed E-state index contributed by atoms with van der Waals surface area (Å²) in [6.07, 6.45) is 3.11. The van der Waals surface area contributed by atoms with E-state index in [0.29, 0.717) is 31.7 Å². The molecule has 3 aliphatic rings. The number of likely N-dealkylation sites (tertiary alicyclic amines) is 1. The maximum absolute atomic E-state index is 12.9. The third kappa shape index (κ3) is 3.32. The zero-order valence-electron chi connectivity index (χ0n) is 19.6. The van der Waals surface area contributed by atoms with E-state index in [4.69, 9.17) is 0 Å². The zero-order chi connectivity index (χ0) is 23.5. The van der Waals surface area contributed by atoms with E-state index < -0.39 is 16.6 Å². The summed E-state index contributed by atoms with van der Waals surface area (Å²) in [6, 6.07) is 7.06. The Kier molecular flexibility index (Phi) is 5.18. The Morgan fingerprint density at radius 3 is 2.82 bits per heavy atom. The van der Waals surface area contributed by atoms with E-state index in [1.54, 1.807) is 18.2 Å². The molecule has 0 unspecified atom stereocenters. The standard InChI is InChI=1S/C26H33N3O4/c1-15(2)6-8-27-23(31)19-10-17-13-26(33)22-11-16-4-5-18(30)12-20(16)25(26,7-9-29(22)3)14-21(17)28-24(19)32/h4-5,10,12,15,22,30,33H,6-9,11,13-14H2,1-3H3,(H,27,31)(H,28,32)/t22-,25-,26-/m1/s1. The van der Waals surface area contributed by atoms with E-state index in [0.717, 1.165) is 41.8 Å². The number of aromatic nitrogens is 1. The minimum Gasteiger partial charge on any atom is -0.508 e. The fraction of sp³-hybridized carbons (Fsp3) is 0.538. The van der Waals surface area contributed by atoms with Crippen molar-refractivity contribution in [3.05, 3.63) is 62.6 Å². The molecule has 7 nitrogen and oxygen atoms in total. The summed E-state index contributed by atoms with van der Waals surface area (Å²) in [5, 5.41) is 25.4. The van der Waals surface area contributed by atoms with Crippen molar-refractivity contribution in [3.8, 4) is 5.75 Å². The number of H-pyrrole nitrogens is 1. The molecule has 4 N–H and O–H groups in total. The number of carbonyl (C=O) groups excluding carboxylic acids is 1. The van der Waals surface area contributed by atoms with Crippen molar-refractivity contribution in [2.75, 3.05) is 20.1 Å². The Labute approximate surface area is 193 Å². The highest BCUT2D eigenvalue weighted by Crippen LogP contribution is 2.56. The third-order valence-corrected chi connectivity index (χ3v) is 8.23. The first-order chi connectivity index (χ1) is 15.6. The van der Waals surface area contributed by atoms with Gasteiger partial charge in [-0.15, -0.1) is 0 Å². The molecule has 7 heteroatoms. The van der Waals surface area contributed by atoms with Gasteiger partial charge in [-0.05, 0) is 73.7 Å². The molecular formula is C26H33N3O4. The number of hydrogen-bond donors (Lipinski definition) is 4. The highest BCUT2D eigenvalue weighted by Gasteiger charge is 2.64. The van der Waals surface area contributed by atoms with Crippen LogP contribution in [0.5, 0.6) is 5.75 Å². The average Bonchev–Trinajstić information content (AvgIpc) is 2.74. The van der Waals surface area contributed by atoms with Gasteiger partial charge in [-0.25, -0.2) is 0 Å². The molecule has 0 spiro atoms. The van der Waals surface area contributed by atoms with Crippen LogP contribution in [0.1, 0.15) is 59.4 Å². The molecule has 1 fully saturated rings. The molecule has 33 heavy (non-hydrogen) atoms. The maximum atomic E-state index is 12.9. The van der Waals surface area contributed by atoms with Crippen LogP contribution in [0.4, 0.5) is 0 Å². The predicted octanol–water partition coefficient (Wildman–Crippen LogP) is 1.88. The topological polar surface area (TPSA) is 106 Å². The molecule has 2 heterocycles. The Balaban J connectivity index is 1.57. The van der Waals surface area contributed by atoms with Crippen LogP contribution < -0.4 is 10.9 Å². The number of carbonyl (C=O) groups is 1. The van der Waals surface area contributed by atoms with Crippen molar-refractivity contribution in [1.29, 1.82) is 0 Å². The van der Waals surface area contributed by atoms with Gasteiger partial charge in [0.2, 0.25) is 0 Å². The first-order valence-corrected chi connectivity index (χ1v) is 11.9. The molecule has 0 radical (unpaired) electrons. The number of hydrogen-bond acceptors (Lipinski definition) is 5. The highest BCUT2D eigenvalue weighted by molar-refractivity contribution is 5.94. The maximum Gasteiger partial charge on any atom is 0.261 e. The number of phenols is 1. The van der Waals surface area contributed by atoms with Gasteiger partial charge in [-0.2, -0.15) is 0 Å². The first-order valence-electron chi connectivity index (χ1n) is 11.9. The van der Waals surface area contributed by atoms with Gasteiger partial charge in [0, 0.05) is 36.5 Å². The van der Waals surface area contributed by atoms with Gasteiger partial charge < -0.3 is 25.4 Å². The summed E-state index contributed by atoms with van der Waals surface area (Å²) in [5.74, 6) is 0.279. The van der Waals surface area contributed by atoms with Gasteiger partial charge in [0.05, 0.1) is 5.60 Å². The molecule has 2 bridgehead atoms. The predicted molar refractivity (Wildman–Crippen MR) is 126 cm³/mol. The molecule has 176 valence electrons. The van der Waals surface area contributed by atoms with Gasteiger partial charge in [-0.1, -0.05) is 19.9 Å². The number of pyridine rings is 1. The van der Waals surface area contributed by atoms with Crippen LogP contribution in [0.2, 0.25) is 0 Å². The molecule has 2 aromatic rings. The number of nitrogens with zero attached hydrogens (tertiary/aromatic N) is 1. The van der Waals surface area contributed by atoms with E-state index in [2.05, 4.69) is 29.0 Å². The molecule has 1 aromatic carbocycles. The number of amides is 1. The van der Waals surface area contributed by atoms with Gasteiger partial charge in [-0.3, -0.25) is 9.59 Å². The first kappa shape index (κ1) is 22.2. The lowest BCUT2D eigenvalue weighted by molar-refractivity contribution is -0.145.